The largest absolute Gasteiger partial charge is 0.504 e. The van der Waals surface area contributed by atoms with E-state index in [4.69, 9.17) is 9.47 Å². The molecule has 36 heavy (non-hydrogen) atoms. The number of likely N-dealkylation sites (tertiary alicyclic amines) is 1. The monoisotopic (exact) mass is 500 g/mol. The standard InChI is InChI=1S/C28H40N2O6/c1-7-20-14-15-28(5,27(20,3)4)36-26(34)21-9-8-16-30(21)25(33)18(2)29-24(32)13-11-19-10-12-22(31)23(17-19)35-6/h10-13,17-18,20-21,31H,7-9,14-16H2,1-6H3,(H,29,32)/b13-11+/t18?,20-,21?,28?/m1/s1. The normalized spacial score (nSPS) is 26.1. The molecule has 1 saturated carbocycles. The number of methoxy groups -OCH3 is 1. The van der Waals surface area contributed by atoms with Crippen molar-refractivity contribution in [2.24, 2.45) is 11.3 Å². The molecule has 1 saturated heterocycles. The first-order valence-electron chi connectivity index (χ1n) is 12.8. The molecule has 8 nitrogen and oxygen atoms in total. The van der Waals surface area contributed by atoms with Gasteiger partial charge in [0.05, 0.1) is 7.11 Å². The van der Waals surface area contributed by atoms with Crippen molar-refractivity contribution in [3.05, 3.63) is 29.8 Å². The number of esters is 1. The van der Waals surface area contributed by atoms with Crippen LogP contribution in [0.3, 0.4) is 0 Å². The number of carbonyl (C=O) groups excluding carboxylic acids is 3. The minimum Gasteiger partial charge on any atom is -0.504 e. The lowest BCUT2D eigenvalue weighted by molar-refractivity contribution is -0.176. The molecule has 4 atom stereocenters. The van der Waals surface area contributed by atoms with Gasteiger partial charge in [0.2, 0.25) is 11.8 Å². The van der Waals surface area contributed by atoms with E-state index in [0.29, 0.717) is 36.6 Å². The van der Waals surface area contributed by atoms with Crippen LogP contribution in [0.5, 0.6) is 11.5 Å². The lowest BCUT2D eigenvalue weighted by atomic mass is 9.72. The van der Waals surface area contributed by atoms with E-state index in [1.165, 1.54) is 19.3 Å². The molecule has 3 unspecified atom stereocenters. The first-order chi connectivity index (χ1) is 16.9. The predicted octanol–water partition coefficient (Wildman–Crippen LogP) is 4.06. The first kappa shape index (κ1) is 27.6. The van der Waals surface area contributed by atoms with E-state index in [2.05, 4.69) is 26.1 Å². The zero-order valence-corrected chi connectivity index (χ0v) is 22.3. The van der Waals surface area contributed by atoms with E-state index in [1.807, 2.05) is 6.92 Å². The second-order valence-corrected chi connectivity index (χ2v) is 10.7. The molecule has 2 amide bonds. The Hall–Kier alpha value is -3.03. The van der Waals surface area contributed by atoms with Gasteiger partial charge in [0.1, 0.15) is 17.7 Å². The van der Waals surface area contributed by atoms with Gasteiger partial charge in [-0.2, -0.15) is 0 Å². The average Bonchev–Trinajstić information content (AvgIpc) is 3.40. The first-order valence-corrected chi connectivity index (χ1v) is 12.8. The molecule has 1 aliphatic carbocycles. The number of ether oxygens (including phenoxy) is 2. The fourth-order valence-corrected chi connectivity index (χ4v) is 5.57. The molecular formula is C28H40N2O6. The zero-order chi connectivity index (χ0) is 26.7. The van der Waals surface area contributed by atoms with E-state index in [1.54, 1.807) is 30.0 Å². The van der Waals surface area contributed by atoms with E-state index >= 15 is 0 Å². The molecule has 2 N–H and O–H groups in total. The zero-order valence-electron chi connectivity index (χ0n) is 22.3. The van der Waals surface area contributed by atoms with Crippen LogP contribution in [0.4, 0.5) is 0 Å². The second-order valence-electron chi connectivity index (χ2n) is 10.7. The summed E-state index contributed by atoms with van der Waals surface area (Å²) < 4.78 is 11.2. The molecular weight excluding hydrogens is 460 g/mol. The third-order valence-electron chi connectivity index (χ3n) is 8.34. The van der Waals surface area contributed by atoms with Crippen LogP contribution in [0.2, 0.25) is 0 Å². The smallest absolute Gasteiger partial charge is 0.329 e. The van der Waals surface area contributed by atoms with Gasteiger partial charge in [-0.25, -0.2) is 4.79 Å². The van der Waals surface area contributed by atoms with Crippen molar-refractivity contribution in [1.29, 1.82) is 0 Å². The minimum absolute atomic E-state index is 0.00711. The highest BCUT2D eigenvalue weighted by Crippen LogP contribution is 2.53. The van der Waals surface area contributed by atoms with Crippen molar-refractivity contribution < 1.29 is 29.0 Å². The number of nitrogens with one attached hydrogen (secondary N) is 1. The summed E-state index contributed by atoms with van der Waals surface area (Å²) in [6.07, 6.45) is 7.04. The van der Waals surface area contributed by atoms with Crippen LogP contribution in [0.15, 0.2) is 24.3 Å². The summed E-state index contributed by atoms with van der Waals surface area (Å²) in [7, 11) is 1.45. The summed E-state index contributed by atoms with van der Waals surface area (Å²) in [5, 5.41) is 12.4. The fraction of sp³-hybridized carbons (Fsp3) is 0.607. The molecule has 1 aromatic carbocycles. The highest BCUT2D eigenvalue weighted by molar-refractivity contribution is 5.96. The maximum atomic E-state index is 13.2. The van der Waals surface area contributed by atoms with E-state index < -0.39 is 23.6 Å². The van der Waals surface area contributed by atoms with Crippen LogP contribution in [-0.4, -0.2) is 59.1 Å². The molecule has 3 rings (SSSR count). The van der Waals surface area contributed by atoms with Crippen molar-refractivity contribution in [2.75, 3.05) is 13.7 Å². The number of hydrogen-bond acceptors (Lipinski definition) is 6. The maximum Gasteiger partial charge on any atom is 0.329 e. The Balaban J connectivity index is 1.61. The van der Waals surface area contributed by atoms with E-state index in [0.717, 1.165) is 19.3 Å². The highest BCUT2D eigenvalue weighted by atomic mass is 16.6. The number of amides is 2. The number of rotatable bonds is 8. The highest BCUT2D eigenvalue weighted by Gasteiger charge is 2.54. The number of phenolic OH excluding ortho intramolecular Hbond substituents is 1. The number of aromatic hydroxyl groups is 1. The van der Waals surface area contributed by atoms with Crippen LogP contribution in [0, 0.1) is 11.3 Å². The van der Waals surface area contributed by atoms with Crippen LogP contribution in [0.25, 0.3) is 6.08 Å². The lowest BCUT2D eigenvalue weighted by Crippen LogP contribution is -2.52. The third kappa shape index (κ3) is 5.52. The van der Waals surface area contributed by atoms with Crippen LogP contribution in [-0.2, 0) is 19.1 Å². The van der Waals surface area contributed by atoms with Gasteiger partial charge in [0, 0.05) is 18.0 Å². The predicted molar refractivity (Wildman–Crippen MR) is 137 cm³/mol. The molecule has 2 fully saturated rings. The lowest BCUT2D eigenvalue weighted by Gasteiger charge is -2.42. The Labute approximate surface area is 214 Å². The van der Waals surface area contributed by atoms with Gasteiger partial charge >= 0.3 is 5.97 Å². The Kier molecular flexibility index (Phi) is 8.37. The van der Waals surface area contributed by atoms with E-state index in [-0.39, 0.29) is 23.0 Å². The van der Waals surface area contributed by atoms with E-state index in [9.17, 15) is 19.5 Å². The number of carbonyl (C=O) groups is 3. The second kappa shape index (κ2) is 10.9. The number of phenols is 1. The van der Waals surface area contributed by atoms with Crippen molar-refractivity contribution in [1.82, 2.24) is 10.2 Å². The molecule has 0 bridgehead atoms. The van der Waals surface area contributed by atoms with Gasteiger partial charge < -0.3 is 24.8 Å². The molecule has 0 radical (unpaired) electrons. The number of hydrogen-bond donors (Lipinski definition) is 2. The quantitative estimate of drug-likeness (QED) is 0.412. The summed E-state index contributed by atoms with van der Waals surface area (Å²) in [6.45, 7) is 10.6. The van der Waals surface area contributed by atoms with Crippen molar-refractivity contribution >= 4 is 23.9 Å². The van der Waals surface area contributed by atoms with Crippen molar-refractivity contribution in [3.63, 3.8) is 0 Å². The Morgan fingerprint density at radius 2 is 1.97 bits per heavy atom. The van der Waals surface area contributed by atoms with Crippen molar-refractivity contribution in [2.45, 2.75) is 84.4 Å². The Bertz CT molecular complexity index is 1020. The number of nitrogens with zero attached hydrogens (tertiary/aromatic N) is 1. The minimum atomic E-state index is -0.798. The summed E-state index contributed by atoms with van der Waals surface area (Å²) in [4.78, 5) is 40.4. The van der Waals surface area contributed by atoms with Gasteiger partial charge in [-0.05, 0) is 69.2 Å². The Morgan fingerprint density at radius 3 is 2.61 bits per heavy atom. The molecule has 198 valence electrons. The third-order valence-corrected chi connectivity index (χ3v) is 8.34. The summed E-state index contributed by atoms with van der Waals surface area (Å²) in [6, 6.07) is 3.29. The average molecular weight is 501 g/mol. The van der Waals surface area contributed by atoms with Gasteiger partial charge in [0.25, 0.3) is 0 Å². The SMILES string of the molecule is CC[C@@H]1CCC(C)(OC(=O)C2CCCN2C(=O)C(C)NC(=O)/C=C/c2ccc(O)c(OC)c2)C1(C)C. The van der Waals surface area contributed by atoms with Gasteiger partial charge in [0.15, 0.2) is 11.5 Å². The summed E-state index contributed by atoms with van der Waals surface area (Å²) >= 11 is 0. The Morgan fingerprint density at radius 1 is 1.25 bits per heavy atom. The van der Waals surface area contributed by atoms with Gasteiger partial charge in [-0.3, -0.25) is 9.59 Å². The maximum absolute atomic E-state index is 13.2. The number of benzene rings is 1. The van der Waals surface area contributed by atoms with Crippen LogP contribution < -0.4 is 10.1 Å². The van der Waals surface area contributed by atoms with Gasteiger partial charge in [-0.15, -0.1) is 0 Å². The van der Waals surface area contributed by atoms with Crippen molar-refractivity contribution in [3.8, 4) is 11.5 Å². The molecule has 1 aromatic rings. The molecule has 0 aromatic heterocycles. The summed E-state index contributed by atoms with van der Waals surface area (Å²) in [5.41, 5.74) is -0.0430. The van der Waals surface area contributed by atoms with Crippen LogP contribution in [0.1, 0.15) is 72.3 Å². The topological polar surface area (TPSA) is 105 Å². The molecule has 1 heterocycles. The van der Waals surface area contributed by atoms with Crippen LogP contribution >= 0.6 is 0 Å². The fourth-order valence-electron chi connectivity index (χ4n) is 5.57. The molecule has 8 heteroatoms. The van der Waals surface area contributed by atoms with Gasteiger partial charge in [-0.1, -0.05) is 33.3 Å². The summed E-state index contributed by atoms with van der Waals surface area (Å²) in [5.74, 6) is -0.298. The molecule has 0 spiro atoms. The molecule has 1 aliphatic heterocycles. The molecule has 2 aliphatic rings.